The van der Waals surface area contributed by atoms with Gasteiger partial charge in [0.05, 0.1) is 17.9 Å². The van der Waals surface area contributed by atoms with Crippen molar-refractivity contribution in [3.05, 3.63) is 0 Å². The summed E-state index contributed by atoms with van der Waals surface area (Å²) in [6, 6.07) is -0.723. The minimum atomic E-state index is -3.25. The van der Waals surface area contributed by atoms with Crippen molar-refractivity contribution in [2.45, 2.75) is 45.3 Å². The molecule has 0 spiro atoms. The Morgan fingerprint density at radius 3 is 2.45 bits per heavy atom. The van der Waals surface area contributed by atoms with Crippen LogP contribution in [0.25, 0.3) is 0 Å². The molecule has 1 rings (SSSR count). The molecule has 1 heterocycles. The highest BCUT2D eigenvalue weighted by Gasteiger charge is 2.36. The van der Waals surface area contributed by atoms with Crippen molar-refractivity contribution < 1.29 is 27.9 Å². The summed E-state index contributed by atoms with van der Waals surface area (Å²) in [5.74, 6) is -1.70. The van der Waals surface area contributed by atoms with Gasteiger partial charge < -0.3 is 15.2 Å². The number of ether oxygens (including phenoxy) is 1. The van der Waals surface area contributed by atoms with Gasteiger partial charge in [0.25, 0.3) is 0 Å². The first kappa shape index (κ1) is 16.7. The molecule has 2 N–H and O–H groups in total. The van der Waals surface area contributed by atoms with E-state index in [1.54, 1.807) is 20.8 Å². The zero-order valence-electron chi connectivity index (χ0n) is 11.9. The van der Waals surface area contributed by atoms with Gasteiger partial charge in [0.1, 0.15) is 5.60 Å². The number of aliphatic carboxylic acids is 1. The molecule has 0 radical (unpaired) electrons. The van der Waals surface area contributed by atoms with Gasteiger partial charge in [0.15, 0.2) is 9.84 Å². The van der Waals surface area contributed by atoms with Gasteiger partial charge in [-0.3, -0.25) is 4.79 Å². The second-order valence-electron chi connectivity index (χ2n) is 6.01. The number of carboxylic acid groups (broad SMARTS) is 1. The molecule has 7 nitrogen and oxygen atoms in total. The fraction of sp³-hybridized carbons (Fsp3) is 0.833. The van der Waals surface area contributed by atoms with Gasteiger partial charge >= 0.3 is 12.1 Å². The Morgan fingerprint density at radius 2 is 1.95 bits per heavy atom. The lowest BCUT2D eigenvalue weighted by molar-refractivity contribution is -0.138. The van der Waals surface area contributed by atoms with E-state index < -0.39 is 39.5 Å². The first-order valence-corrected chi connectivity index (χ1v) is 8.22. The van der Waals surface area contributed by atoms with Crippen molar-refractivity contribution in [1.82, 2.24) is 5.32 Å². The van der Waals surface area contributed by atoms with E-state index in [2.05, 4.69) is 5.32 Å². The predicted octanol–water partition coefficient (Wildman–Crippen LogP) is 0.789. The predicted molar refractivity (Wildman–Crippen MR) is 72.2 cm³/mol. The van der Waals surface area contributed by atoms with Crippen molar-refractivity contribution in [3.8, 4) is 0 Å². The summed E-state index contributed by atoms with van der Waals surface area (Å²) in [7, 11) is -3.25. The largest absolute Gasteiger partial charge is 0.481 e. The number of hydrogen-bond donors (Lipinski definition) is 2. The quantitative estimate of drug-likeness (QED) is 0.797. The van der Waals surface area contributed by atoms with E-state index >= 15 is 0 Å². The highest BCUT2D eigenvalue weighted by Crippen LogP contribution is 2.23. The number of carboxylic acids is 1. The molecule has 116 valence electrons. The minimum Gasteiger partial charge on any atom is -0.481 e. The van der Waals surface area contributed by atoms with Gasteiger partial charge in [-0.25, -0.2) is 13.2 Å². The molecule has 1 aliphatic heterocycles. The number of sulfone groups is 1. The number of carbonyl (C=O) groups is 2. The van der Waals surface area contributed by atoms with Gasteiger partial charge in [-0.2, -0.15) is 0 Å². The first-order chi connectivity index (χ1) is 8.98. The average molecular weight is 307 g/mol. The zero-order valence-corrected chi connectivity index (χ0v) is 12.7. The SMILES string of the molecule is CC(C)(C)OC(=O)NC1CS(=O)(=O)CCC1CC(=O)O. The lowest BCUT2D eigenvalue weighted by Crippen LogP contribution is -2.50. The number of rotatable bonds is 3. The van der Waals surface area contributed by atoms with Gasteiger partial charge in [0.2, 0.25) is 0 Å². The van der Waals surface area contributed by atoms with Crippen LogP contribution in [0.15, 0.2) is 0 Å². The highest BCUT2D eigenvalue weighted by atomic mass is 32.2. The number of hydrogen-bond acceptors (Lipinski definition) is 5. The summed E-state index contributed by atoms with van der Waals surface area (Å²) in [6.45, 7) is 5.08. The molecule has 8 heteroatoms. The smallest absolute Gasteiger partial charge is 0.407 e. The molecule has 0 aromatic carbocycles. The van der Waals surface area contributed by atoms with E-state index in [0.29, 0.717) is 0 Å². The van der Waals surface area contributed by atoms with Crippen molar-refractivity contribution in [2.24, 2.45) is 5.92 Å². The molecular weight excluding hydrogens is 286 g/mol. The number of carbonyl (C=O) groups excluding carboxylic acids is 1. The van der Waals surface area contributed by atoms with E-state index in [-0.39, 0.29) is 24.3 Å². The van der Waals surface area contributed by atoms with Crippen LogP contribution >= 0.6 is 0 Å². The molecule has 0 aliphatic carbocycles. The molecule has 2 atom stereocenters. The van der Waals surface area contributed by atoms with E-state index in [1.165, 1.54) is 0 Å². The number of nitrogens with one attached hydrogen (secondary N) is 1. The topological polar surface area (TPSA) is 110 Å². The van der Waals surface area contributed by atoms with Crippen molar-refractivity contribution in [3.63, 3.8) is 0 Å². The Kier molecular flexibility index (Phi) is 5.01. The fourth-order valence-electron chi connectivity index (χ4n) is 2.11. The Bertz CT molecular complexity index is 479. The maximum atomic E-state index is 11.7. The molecule has 0 aromatic rings. The standard InChI is InChI=1S/C12H21NO6S/c1-12(2,3)19-11(16)13-9-7-20(17,18)5-4-8(9)6-10(14)15/h8-9H,4-7H2,1-3H3,(H,13,16)(H,14,15). The molecule has 0 saturated carbocycles. The Balaban J connectivity index is 2.74. The second kappa shape index (κ2) is 5.99. The summed E-state index contributed by atoms with van der Waals surface area (Å²) in [4.78, 5) is 22.5. The molecule has 1 aliphatic rings. The lowest BCUT2D eigenvalue weighted by Gasteiger charge is -2.31. The van der Waals surface area contributed by atoms with E-state index in [4.69, 9.17) is 9.84 Å². The molecule has 0 aromatic heterocycles. The summed E-state index contributed by atoms with van der Waals surface area (Å²) < 4.78 is 28.3. The zero-order chi connectivity index (χ0) is 15.6. The molecule has 1 fully saturated rings. The van der Waals surface area contributed by atoms with Gasteiger partial charge in [-0.1, -0.05) is 0 Å². The first-order valence-electron chi connectivity index (χ1n) is 6.40. The van der Waals surface area contributed by atoms with Crippen molar-refractivity contribution >= 4 is 21.9 Å². The maximum absolute atomic E-state index is 11.7. The van der Waals surface area contributed by atoms with Crippen LogP contribution in [-0.4, -0.2) is 48.7 Å². The summed E-state index contributed by atoms with van der Waals surface area (Å²) >= 11 is 0. The van der Waals surface area contributed by atoms with Crippen LogP contribution in [0.1, 0.15) is 33.6 Å². The second-order valence-corrected chi connectivity index (χ2v) is 8.24. The molecule has 20 heavy (non-hydrogen) atoms. The number of alkyl carbamates (subject to hydrolysis) is 1. The highest BCUT2D eigenvalue weighted by molar-refractivity contribution is 7.91. The minimum absolute atomic E-state index is 0.0442. The molecule has 1 saturated heterocycles. The van der Waals surface area contributed by atoms with Gasteiger partial charge in [-0.15, -0.1) is 0 Å². The van der Waals surface area contributed by atoms with E-state index in [0.717, 1.165) is 0 Å². The third-order valence-corrected chi connectivity index (χ3v) is 4.67. The van der Waals surface area contributed by atoms with Gasteiger partial charge in [-0.05, 0) is 33.1 Å². The van der Waals surface area contributed by atoms with Crippen LogP contribution in [0.3, 0.4) is 0 Å². The summed E-state index contributed by atoms with van der Waals surface area (Å²) in [6.07, 6.45) is -0.666. The van der Waals surface area contributed by atoms with Crippen molar-refractivity contribution in [1.29, 1.82) is 0 Å². The van der Waals surface area contributed by atoms with Crippen molar-refractivity contribution in [2.75, 3.05) is 11.5 Å². The maximum Gasteiger partial charge on any atom is 0.407 e. The lowest BCUT2D eigenvalue weighted by atomic mass is 9.94. The molecular formula is C12H21NO6S. The van der Waals surface area contributed by atoms with E-state index in [1.807, 2.05) is 0 Å². The number of amides is 1. The summed E-state index contributed by atoms with van der Waals surface area (Å²) in [5.41, 5.74) is -0.695. The van der Waals surface area contributed by atoms with Crippen LogP contribution in [0.2, 0.25) is 0 Å². The van der Waals surface area contributed by atoms with Crippen LogP contribution in [0.5, 0.6) is 0 Å². The third kappa shape index (κ3) is 5.77. The monoisotopic (exact) mass is 307 g/mol. The average Bonchev–Trinajstić information content (AvgIpc) is 2.18. The Morgan fingerprint density at radius 1 is 1.35 bits per heavy atom. The molecule has 0 bridgehead atoms. The van der Waals surface area contributed by atoms with Crippen LogP contribution in [0, 0.1) is 5.92 Å². The van der Waals surface area contributed by atoms with Crippen LogP contribution in [0.4, 0.5) is 4.79 Å². The normalized spacial score (nSPS) is 25.8. The third-order valence-electron chi connectivity index (χ3n) is 2.94. The van der Waals surface area contributed by atoms with Crippen LogP contribution in [-0.2, 0) is 19.4 Å². The van der Waals surface area contributed by atoms with Crippen LogP contribution < -0.4 is 5.32 Å². The van der Waals surface area contributed by atoms with E-state index in [9.17, 15) is 18.0 Å². The van der Waals surface area contributed by atoms with Gasteiger partial charge in [0, 0.05) is 6.04 Å². The molecule has 2 unspecified atom stereocenters. The summed E-state index contributed by atoms with van der Waals surface area (Å²) in [5, 5.41) is 11.3. The Hall–Kier alpha value is -1.31. The molecule has 1 amide bonds. The fourth-order valence-corrected chi connectivity index (χ4v) is 3.84. The Labute approximate surface area is 118 Å².